The molecule has 0 aromatic carbocycles. The predicted octanol–water partition coefficient (Wildman–Crippen LogP) is -0.562. The molecule has 0 aliphatic heterocycles. The molecular weight excluding hydrogens is 92.1 g/mol. The fraction of sp³-hybridized carbons (Fsp3) is 0.250. The molecule has 7 heavy (non-hydrogen) atoms. The summed E-state index contributed by atoms with van der Waals surface area (Å²) in [5.74, 6) is 0. The first-order valence-corrected chi connectivity index (χ1v) is 1.88. The van der Waals surface area contributed by atoms with Crippen molar-refractivity contribution in [2.24, 2.45) is 0 Å². The van der Waals surface area contributed by atoms with Gasteiger partial charge in [-0.2, -0.15) is 0 Å². The molecule has 0 heterocycles. The Balaban J connectivity index is 2.68. The molecule has 1 N–H and O–H groups in total. The van der Waals surface area contributed by atoms with E-state index in [0.717, 1.165) is 0 Å². The topological polar surface area (TPSA) is 43.2 Å². The maximum Gasteiger partial charge on any atom is 0.222 e. The van der Waals surface area contributed by atoms with Gasteiger partial charge in [0.1, 0.15) is 0 Å². The van der Waals surface area contributed by atoms with Gasteiger partial charge >= 0.3 is 0 Å². The van der Waals surface area contributed by atoms with Gasteiger partial charge in [0, 0.05) is 0 Å². The number of nitrogens with zero attached hydrogens (tertiary/aromatic N) is 1. The Hall–Kier alpha value is -0.830. The molecule has 1 radical (unpaired) electrons. The molecule has 0 aromatic rings. The van der Waals surface area contributed by atoms with Gasteiger partial charge in [0.15, 0.2) is 0 Å². The highest BCUT2D eigenvalue weighted by Crippen LogP contribution is 1.53. The van der Waals surface area contributed by atoms with E-state index in [1.165, 1.54) is 0 Å². The van der Waals surface area contributed by atoms with E-state index in [1.54, 1.807) is 6.08 Å². The normalized spacial score (nSPS) is 7.43. The third-order valence-corrected chi connectivity index (χ3v) is 0.364. The molecule has 0 saturated carbocycles. The lowest BCUT2D eigenvalue weighted by Crippen LogP contribution is -2.22. The van der Waals surface area contributed by atoms with Crippen LogP contribution in [0.2, 0.25) is 0 Å². The average Bonchev–Trinajstić information content (AvgIpc) is 1.69. The Labute approximate surface area is 42.4 Å². The summed E-state index contributed by atoms with van der Waals surface area (Å²) in [4.78, 5) is 9.44. The minimum atomic E-state index is 0.471. The Bertz CT molecular complexity index is 54.7. The lowest BCUT2D eigenvalue weighted by atomic mass is 10.7. The van der Waals surface area contributed by atoms with Crippen LogP contribution in [0.3, 0.4) is 0 Å². The van der Waals surface area contributed by atoms with Crippen LogP contribution in [-0.2, 0) is 4.79 Å². The summed E-state index contributed by atoms with van der Waals surface area (Å²) in [7, 11) is 0. The molecule has 0 spiro atoms. The summed E-state index contributed by atoms with van der Waals surface area (Å²) in [6.07, 6.45) is 2.11. The number of hydrogen-bond acceptors (Lipinski definition) is 1. The van der Waals surface area contributed by atoms with Crippen molar-refractivity contribution < 1.29 is 4.79 Å². The molecule has 0 fully saturated rings. The first-order valence-electron chi connectivity index (χ1n) is 1.88. The number of nitrogens with one attached hydrogen (secondary N) is 1. The van der Waals surface area contributed by atoms with E-state index in [9.17, 15) is 4.79 Å². The first kappa shape index (κ1) is 6.17. The van der Waals surface area contributed by atoms with Crippen molar-refractivity contribution in [3.8, 4) is 0 Å². The van der Waals surface area contributed by atoms with Gasteiger partial charge in [0.2, 0.25) is 6.41 Å². The van der Waals surface area contributed by atoms with E-state index in [0.29, 0.717) is 13.0 Å². The van der Waals surface area contributed by atoms with Gasteiger partial charge in [-0.3, -0.25) is 10.2 Å². The van der Waals surface area contributed by atoms with Gasteiger partial charge in [-0.05, 0) is 0 Å². The monoisotopic (exact) mass is 99.1 g/mol. The second kappa shape index (κ2) is 5.17. The highest BCUT2D eigenvalue weighted by molar-refractivity contribution is 5.44. The molecule has 0 aliphatic carbocycles. The van der Waals surface area contributed by atoms with Gasteiger partial charge < -0.3 is 0 Å². The average molecular weight is 99.1 g/mol. The lowest BCUT2D eigenvalue weighted by Gasteiger charge is -1.88. The first-order chi connectivity index (χ1) is 3.41. The predicted molar refractivity (Wildman–Crippen MR) is 26.4 cm³/mol. The zero-order valence-corrected chi connectivity index (χ0v) is 3.92. The van der Waals surface area contributed by atoms with E-state index in [2.05, 4.69) is 17.4 Å². The zero-order valence-electron chi connectivity index (χ0n) is 3.92. The van der Waals surface area contributed by atoms with Crippen LogP contribution in [0.4, 0.5) is 0 Å². The molecular formula is C4H7N2O. The van der Waals surface area contributed by atoms with Crippen molar-refractivity contribution in [3.63, 3.8) is 0 Å². The Kier molecular flexibility index (Phi) is 4.56. The number of hydrogen-bond donors (Lipinski definition) is 1. The van der Waals surface area contributed by atoms with E-state index in [-0.39, 0.29) is 0 Å². The molecule has 3 nitrogen and oxygen atoms in total. The summed E-state index contributed by atoms with van der Waals surface area (Å²) in [5.41, 5.74) is 5.59. The summed E-state index contributed by atoms with van der Waals surface area (Å²) in [5, 5.41) is 0. The van der Waals surface area contributed by atoms with Gasteiger partial charge in [0.25, 0.3) is 0 Å². The van der Waals surface area contributed by atoms with Gasteiger partial charge in [-0.25, -0.2) is 0 Å². The molecule has 1 amide bonds. The molecule has 3 heteroatoms. The molecule has 0 atom stereocenters. The minimum Gasteiger partial charge on any atom is -0.277 e. The van der Waals surface area contributed by atoms with Crippen molar-refractivity contribution in [1.82, 2.24) is 10.9 Å². The van der Waals surface area contributed by atoms with Gasteiger partial charge in [-0.1, -0.05) is 6.08 Å². The standard InChI is InChI=1S/C4H7N2O/c1-2-3-5-6-4-7/h2,4H,1,3H2,(H,6,7). The Morgan fingerprint density at radius 2 is 2.57 bits per heavy atom. The van der Waals surface area contributed by atoms with Crippen LogP contribution in [0.5, 0.6) is 0 Å². The van der Waals surface area contributed by atoms with Crippen LogP contribution in [0.25, 0.3) is 0 Å². The van der Waals surface area contributed by atoms with Crippen molar-refractivity contribution in [1.29, 1.82) is 0 Å². The highest BCUT2D eigenvalue weighted by Gasteiger charge is 1.72. The summed E-state index contributed by atoms with van der Waals surface area (Å²) >= 11 is 0. The fourth-order valence-corrected chi connectivity index (χ4v) is 0.155. The van der Waals surface area contributed by atoms with Gasteiger partial charge in [0.05, 0.1) is 6.54 Å². The van der Waals surface area contributed by atoms with Crippen molar-refractivity contribution in [2.75, 3.05) is 6.54 Å². The van der Waals surface area contributed by atoms with Crippen LogP contribution in [0.1, 0.15) is 0 Å². The maximum atomic E-state index is 9.44. The van der Waals surface area contributed by atoms with Crippen LogP contribution >= 0.6 is 0 Å². The smallest absolute Gasteiger partial charge is 0.222 e. The van der Waals surface area contributed by atoms with E-state index in [4.69, 9.17) is 0 Å². The number of carbonyl (C=O) groups is 1. The van der Waals surface area contributed by atoms with Crippen LogP contribution in [-0.4, -0.2) is 13.0 Å². The summed E-state index contributed by atoms with van der Waals surface area (Å²) < 4.78 is 0. The second-order valence-electron chi connectivity index (χ2n) is 0.876. The van der Waals surface area contributed by atoms with Crippen molar-refractivity contribution in [3.05, 3.63) is 12.7 Å². The SMILES string of the molecule is C=CC[N]NC=O. The molecule has 0 saturated heterocycles. The van der Waals surface area contributed by atoms with Crippen molar-refractivity contribution in [2.45, 2.75) is 0 Å². The summed E-state index contributed by atoms with van der Waals surface area (Å²) in [6, 6.07) is 0. The number of amides is 1. The molecule has 0 aromatic heterocycles. The third kappa shape index (κ3) is 5.17. The van der Waals surface area contributed by atoms with E-state index in [1.807, 2.05) is 0 Å². The maximum absolute atomic E-state index is 9.44. The zero-order chi connectivity index (χ0) is 5.54. The number of carbonyl (C=O) groups excluding carboxylic acids is 1. The molecule has 0 rings (SSSR count). The van der Waals surface area contributed by atoms with E-state index < -0.39 is 0 Å². The Morgan fingerprint density at radius 1 is 1.86 bits per heavy atom. The fourth-order valence-electron chi connectivity index (χ4n) is 0.155. The van der Waals surface area contributed by atoms with Crippen LogP contribution in [0.15, 0.2) is 12.7 Å². The highest BCUT2D eigenvalue weighted by atomic mass is 16.1. The minimum absolute atomic E-state index is 0.471. The van der Waals surface area contributed by atoms with Crippen molar-refractivity contribution >= 4 is 6.41 Å². The Morgan fingerprint density at radius 3 is 3.00 bits per heavy atom. The molecule has 0 unspecified atom stereocenters. The number of rotatable bonds is 4. The largest absolute Gasteiger partial charge is 0.277 e. The van der Waals surface area contributed by atoms with Crippen LogP contribution in [0, 0.1) is 0 Å². The van der Waals surface area contributed by atoms with Crippen LogP contribution < -0.4 is 10.9 Å². The molecule has 0 aliphatic rings. The third-order valence-electron chi connectivity index (χ3n) is 0.364. The second-order valence-corrected chi connectivity index (χ2v) is 0.876. The molecule has 39 valence electrons. The van der Waals surface area contributed by atoms with Gasteiger partial charge in [-0.15, -0.1) is 12.0 Å². The quantitative estimate of drug-likeness (QED) is 0.218. The van der Waals surface area contributed by atoms with E-state index >= 15 is 0 Å². The lowest BCUT2D eigenvalue weighted by molar-refractivity contribution is -0.110. The summed E-state index contributed by atoms with van der Waals surface area (Å²) in [6.45, 7) is 3.85. The molecule has 0 bridgehead atoms.